The van der Waals surface area contributed by atoms with Gasteiger partial charge >= 0.3 is 0 Å². The second-order valence-corrected chi connectivity index (χ2v) is 7.01. The maximum atomic E-state index is 13.8. The fourth-order valence-electron chi connectivity index (χ4n) is 3.79. The van der Waals surface area contributed by atoms with Gasteiger partial charge in [-0.05, 0) is 42.9 Å². The summed E-state index contributed by atoms with van der Waals surface area (Å²) in [6.45, 7) is 2.81. The van der Waals surface area contributed by atoms with Crippen molar-refractivity contribution in [1.82, 2.24) is 10.2 Å². The Labute approximate surface area is 158 Å². The number of hydrogen-bond donors (Lipinski definition) is 2. The summed E-state index contributed by atoms with van der Waals surface area (Å²) in [6.07, 6.45) is 3.02. The predicted molar refractivity (Wildman–Crippen MR) is 99.9 cm³/mol. The molecule has 0 spiro atoms. The molecule has 0 saturated carbocycles. The maximum absolute atomic E-state index is 13.8. The van der Waals surface area contributed by atoms with Gasteiger partial charge in [0.25, 0.3) is 0 Å². The normalized spacial score (nSPS) is 20.0. The summed E-state index contributed by atoms with van der Waals surface area (Å²) < 4.78 is 24.6. The van der Waals surface area contributed by atoms with Crippen LogP contribution in [0.1, 0.15) is 30.4 Å². The van der Waals surface area contributed by atoms with Gasteiger partial charge in [-0.25, -0.2) is 4.39 Å². The summed E-state index contributed by atoms with van der Waals surface area (Å²) in [7, 11) is 1.74. The van der Waals surface area contributed by atoms with Gasteiger partial charge in [-0.1, -0.05) is 0 Å². The van der Waals surface area contributed by atoms with E-state index in [9.17, 15) is 9.18 Å². The van der Waals surface area contributed by atoms with E-state index in [1.165, 1.54) is 12.1 Å². The van der Waals surface area contributed by atoms with Crippen molar-refractivity contribution in [2.75, 3.05) is 33.5 Å². The molecule has 1 atom stereocenters. The van der Waals surface area contributed by atoms with Gasteiger partial charge in [-0.15, -0.1) is 0 Å². The smallest absolute Gasteiger partial charge is 0.217 e. The molecule has 1 unspecified atom stereocenters. The summed E-state index contributed by atoms with van der Waals surface area (Å²) in [4.78, 5) is 17.7. The maximum Gasteiger partial charge on any atom is 0.217 e. The molecule has 7 nitrogen and oxygen atoms in total. The number of nitrogens with one attached hydrogen (secondary N) is 1. The van der Waals surface area contributed by atoms with E-state index in [1.54, 1.807) is 7.05 Å². The highest BCUT2D eigenvalue weighted by Gasteiger charge is 2.23. The molecular formula is C19H27FN4O3. The molecule has 1 aromatic rings. The number of primary amides is 1. The molecule has 8 heteroatoms. The minimum Gasteiger partial charge on any atom is -0.467 e. The lowest BCUT2D eigenvalue weighted by molar-refractivity contribution is -0.119. The van der Waals surface area contributed by atoms with Crippen LogP contribution in [0.2, 0.25) is 0 Å². The van der Waals surface area contributed by atoms with Crippen LogP contribution in [0.5, 0.6) is 5.75 Å². The number of amides is 1. The highest BCUT2D eigenvalue weighted by atomic mass is 19.1. The molecule has 0 bridgehead atoms. The molecule has 27 heavy (non-hydrogen) atoms. The van der Waals surface area contributed by atoms with Crippen molar-refractivity contribution < 1.29 is 18.7 Å². The fourth-order valence-corrected chi connectivity index (χ4v) is 3.79. The number of hydrogen-bond acceptors (Lipinski definition) is 4. The van der Waals surface area contributed by atoms with Crippen LogP contribution in [-0.2, 0) is 22.6 Å². The van der Waals surface area contributed by atoms with Crippen LogP contribution in [0, 0.1) is 11.7 Å². The van der Waals surface area contributed by atoms with Crippen molar-refractivity contribution in [3.05, 3.63) is 29.1 Å². The van der Waals surface area contributed by atoms with Crippen molar-refractivity contribution >= 4 is 11.9 Å². The minimum absolute atomic E-state index is 0.190. The Morgan fingerprint density at radius 3 is 3.11 bits per heavy atom. The number of halogens is 1. The van der Waals surface area contributed by atoms with Crippen LogP contribution in [0.3, 0.4) is 0 Å². The molecule has 3 rings (SSSR count). The molecule has 1 amide bonds. The van der Waals surface area contributed by atoms with Crippen LogP contribution >= 0.6 is 0 Å². The van der Waals surface area contributed by atoms with Crippen LogP contribution < -0.4 is 15.8 Å². The number of fused-ring (bicyclic) bond motifs is 1. The molecule has 2 aliphatic rings. The third kappa shape index (κ3) is 5.09. The number of nitrogens with zero attached hydrogens (tertiary/aromatic N) is 2. The standard InChI is InChI=1S/C19H27FN4O3/c1-22-19(24-6-2-3-13(10-24)7-17(21)25)23-5-4-14-8-16(20)9-15-11-26-12-27-18(14)15/h8-9,13H,2-7,10-12H2,1H3,(H2,21,25)(H,22,23). The summed E-state index contributed by atoms with van der Waals surface area (Å²) in [6, 6.07) is 2.97. The van der Waals surface area contributed by atoms with Gasteiger partial charge < -0.3 is 25.4 Å². The van der Waals surface area contributed by atoms with E-state index in [4.69, 9.17) is 15.2 Å². The van der Waals surface area contributed by atoms with Crippen molar-refractivity contribution in [1.29, 1.82) is 0 Å². The van der Waals surface area contributed by atoms with Gasteiger partial charge in [0.15, 0.2) is 12.8 Å². The van der Waals surface area contributed by atoms with E-state index in [0.717, 1.165) is 48.8 Å². The van der Waals surface area contributed by atoms with Crippen molar-refractivity contribution in [3.63, 3.8) is 0 Å². The lowest BCUT2D eigenvalue weighted by Gasteiger charge is -2.34. The van der Waals surface area contributed by atoms with E-state index in [0.29, 0.717) is 26.0 Å². The Hall–Kier alpha value is -2.35. The van der Waals surface area contributed by atoms with Gasteiger partial charge in [0.1, 0.15) is 11.6 Å². The Morgan fingerprint density at radius 2 is 2.33 bits per heavy atom. The Kier molecular flexibility index (Phi) is 6.49. The fraction of sp³-hybridized carbons (Fsp3) is 0.579. The molecule has 2 aliphatic heterocycles. The van der Waals surface area contributed by atoms with Gasteiger partial charge in [-0.2, -0.15) is 0 Å². The Morgan fingerprint density at radius 1 is 1.48 bits per heavy atom. The van der Waals surface area contributed by atoms with E-state index in [1.807, 2.05) is 0 Å². The van der Waals surface area contributed by atoms with Crippen LogP contribution in [0.4, 0.5) is 4.39 Å². The third-order valence-electron chi connectivity index (χ3n) is 4.95. The van der Waals surface area contributed by atoms with E-state index < -0.39 is 0 Å². The minimum atomic E-state index is -0.285. The average Bonchev–Trinajstić information content (AvgIpc) is 2.64. The summed E-state index contributed by atoms with van der Waals surface area (Å²) in [5.41, 5.74) is 6.90. The average molecular weight is 378 g/mol. The second-order valence-electron chi connectivity index (χ2n) is 7.01. The molecule has 0 aliphatic carbocycles. The molecule has 1 aromatic carbocycles. The lowest BCUT2D eigenvalue weighted by atomic mass is 9.95. The summed E-state index contributed by atoms with van der Waals surface area (Å²) >= 11 is 0. The number of likely N-dealkylation sites (tertiary alicyclic amines) is 1. The topological polar surface area (TPSA) is 89.2 Å². The molecule has 3 N–H and O–H groups in total. The van der Waals surface area contributed by atoms with Crippen molar-refractivity contribution in [3.8, 4) is 5.75 Å². The van der Waals surface area contributed by atoms with Crippen molar-refractivity contribution in [2.24, 2.45) is 16.6 Å². The zero-order valence-corrected chi connectivity index (χ0v) is 15.7. The first-order valence-corrected chi connectivity index (χ1v) is 9.32. The number of carbonyl (C=O) groups is 1. The number of benzene rings is 1. The molecule has 148 valence electrons. The van der Waals surface area contributed by atoms with Crippen LogP contribution in [-0.4, -0.2) is 50.2 Å². The quantitative estimate of drug-likeness (QED) is 0.597. The number of guanidine groups is 1. The van der Waals surface area contributed by atoms with Crippen LogP contribution in [0.15, 0.2) is 17.1 Å². The SMILES string of the molecule is CN=C(NCCc1cc(F)cc2c1OCOC2)N1CCCC(CC(N)=O)C1. The number of rotatable bonds is 5. The van der Waals surface area contributed by atoms with Crippen molar-refractivity contribution in [2.45, 2.75) is 32.3 Å². The lowest BCUT2D eigenvalue weighted by Crippen LogP contribution is -2.47. The van der Waals surface area contributed by atoms with Gasteiger partial charge in [0.05, 0.1) is 6.61 Å². The molecule has 1 saturated heterocycles. The molecular weight excluding hydrogens is 351 g/mol. The summed E-state index contributed by atoms with van der Waals surface area (Å²) in [5, 5.41) is 3.34. The zero-order valence-electron chi connectivity index (χ0n) is 15.7. The third-order valence-corrected chi connectivity index (χ3v) is 4.95. The second kappa shape index (κ2) is 9.03. The number of aliphatic imine (C=N–C) groups is 1. The summed E-state index contributed by atoms with van der Waals surface area (Å²) in [5.74, 6) is 1.23. The van der Waals surface area contributed by atoms with E-state index in [2.05, 4.69) is 15.2 Å². The molecule has 0 radical (unpaired) electrons. The first kappa shape index (κ1) is 19.4. The highest BCUT2D eigenvalue weighted by Crippen LogP contribution is 2.29. The number of ether oxygens (including phenoxy) is 2. The zero-order chi connectivity index (χ0) is 19.2. The largest absolute Gasteiger partial charge is 0.467 e. The Balaban J connectivity index is 1.58. The monoisotopic (exact) mass is 378 g/mol. The number of nitrogens with two attached hydrogens (primary N) is 1. The van der Waals surface area contributed by atoms with Crippen LogP contribution in [0.25, 0.3) is 0 Å². The highest BCUT2D eigenvalue weighted by molar-refractivity contribution is 5.80. The molecule has 1 fully saturated rings. The molecule has 2 heterocycles. The molecule has 0 aromatic heterocycles. The number of piperidine rings is 1. The van der Waals surface area contributed by atoms with E-state index in [-0.39, 0.29) is 24.4 Å². The van der Waals surface area contributed by atoms with Gasteiger partial charge in [-0.3, -0.25) is 9.79 Å². The van der Waals surface area contributed by atoms with Gasteiger partial charge in [0, 0.05) is 38.7 Å². The van der Waals surface area contributed by atoms with Gasteiger partial charge in [0.2, 0.25) is 5.91 Å². The Bertz CT molecular complexity index is 710. The predicted octanol–water partition coefficient (Wildman–Crippen LogP) is 1.40. The first-order valence-electron chi connectivity index (χ1n) is 9.32. The van der Waals surface area contributed by atoms with E-state index >= 15 is 0 Å². The number of carbonyl (C=O) groups excluding carboxylic acids is 1. The first-order chi connectivity index (χ1) is 13.1.